The predicted octanol–water partition coefficient (Wildman–Crippen LogP) is 3.26. The summed E-state index contributed by atoms with van der Waals surface area (Å²) in [6.45, 7) is 14.6. The molecule has 2 nitrogen and oxygen atoms in total. The van der Waals surface area contributed by atoms with Crippen LogP contribution in [0.15, 0.2) is 16.9 Å². The normalized spacial score (nSPS) is 7.75. The maximum absolute atomic E-state index is 3.82. The summed E-state index contributed by atoms with van der Waals surface area (Å²) in [6.07, 6.45) is 3.10. The van der Waals surface area contributed by atoms with Crippen molar-refractivity contribution >= 4 is 6.72 Å². The van der Waals surface area contributed by atoms with Crippen LogP contribution in [0.3, 0.4) is 0 Å². The average molecular weight is 170 g/mol. The zero-order valence-electron chi connectivity index (χ0n) is 9.09. The first-order valence-electron chi connectivity index (χ1n) is 4.59. The first-order valence-corrected chi connectivity index (χ1v) is 4.59. The van der Waals surface area contributed by atoms with Gasteiger partial charge in [0.2, 0.25) is 0 Å². The van der Waals surface area contributed by atoms with Gasteiger partial charge >= 0.3 is 0 Å². The molecule has 12 heavy (non-hydrogen) atoms. The van der Waals surface area contributed by atoms with Crippen molar-refractivity contribution in [2.24, 2.45) is 5.10 Å². The molecule has 0 unspecified atom stereocenters. The third-order valence-corrected chi connectivity index (χ3v) is 1.04. The van der Waals surface area contributed by atoms with E-state index in [0.29, 0.717) is 0 Å². The van der Waals surface area contributed by atoms with Gasteiger partial charge in [0.25, 0.3) is 0 Å². The monoisotopic (exact) mass is 170 g/mol. The molecule has 0 aliphatic carbocycles. The molecule has 0 bridgehead atoms. The fourth-order valence-electron chi connectivity index (χ4n) is 0.703. The summed E-state index contributed by atoms with van der Waals surface area (Å²) in [4.78, 5) is 0. The molecule has 0 aromatic heterocycles. The molecule has 2 heteroatoms. The molecule has 0 aliphatic rings. The van der Waals surface area contributed by atoms with Crippen LogP contribution in [0.5, 0.6) is 0 Å². The van der Waals surface area contributed by atoms with Crippen molar-refractivity contribution in [3.8, 4) is 0 Å². The van der Waals surface area contributed by atoms with Crippen molar-refractivity contribution in [1.29, 1.82) is 0 Å². The molecular weight excluding hydrogens is 148 g/mol. The fourth-order valence-corrected chi connectivity index (χ4v) is 0.703. The zero-order valence-corrected chi connectivity index (χ0v) is 9.09. The van der Waals surface area contributed by atoms with Crippen LogP contribution in [0.25, 0.3) is 0 Å². The van der Waals surface area contributed by atoms with E-state index >= 15 is 0 Å². The Morgan fingerprint density at radius 3 is 2.17 bits per heavy atom. The smallest absolute Gasteiger partial charge is 0.0406 e. The largest absolute Gasteiger partial charge is 0.273 e. The lowest BCUT2D eigenvalue weighted by molar-refractivity contribution is 0.399. The molecule has 0 aromatic rings. The maximum Gasteiger partial charge on any atom is 0.0406 e. The molecule has 0 saturated heterocycles. The molecule has 0 fully saturated rings. The Morgan fingerprint density at radius 1 is 1.42 bits per heavy atom. The Kier molecular flexibility index (Phi) is 11.7. The van der Waals surface area contributed by atoms with E-state index in [4.69, 9.17) is 0 Å². The van der Waals surface area contributed by atoms with E-state index in [9.17, 15) is 0 Å². The Balaban J connectivity index is 0. The van der Waals surface area contributed by atoms with Crippen LogP contribution in [0.4, 0.5) is 0 Å². The van der Waals surface area contributed by atoms with E-state index in [1.54, 1.807) is 0 Å². The first kappa shape index (κ1) is 13.8. The summed E-state index contributed by atoms with van der Waals surface area (Å²) < 4.78 is 0. The van der Waals surface area contributed by atoms with Crippen molar-refractivity contribution in [1.82, 2.24) is 5.01 Å². The van der Waals surface area contributed by atoms with E-state index in [1.807, 2.05) is 38.9 Å². The van der Waals surface area contributed by atoms with Gasteiger partial charge in [-0.1, -0.05) is 26.3 Å². The zero-order chi connectivity index (χ0) is 9.98. The van der Waals surface area contributed by atoms with E-state index < -0.39 is 0 Å². The van der Waals surface area contributed by atoms with Crippen LogP contribution >= 0.6 is 0 Å². The highest BCUT2D eigenvalue weighted by Crippen LogP contribution is 1.97. The van der Waals surface area contributed by atoms with Gasteiger partial charge in [-0.05, 0) is 20.3 Å². The summed E-state index contributed by atoms with van der Waals surface area (Å²) in [5, 5.41) is 5.68. The van der Waals surface area contributed by atoms with Gasteiger partial charge in [-0.15, -0.1) is 0 Å². The second kappa shape index (κ2) is 10.2. The Labute approximate surface area is 77.0 Å². The topological polar surface area (TPSA) is 15.6 Å². The minimum atomic E-state index is 0.953. The number of hydrogen-bond acceptors (Lipinski definition) is 2. The van der Waals surface area contributed by atoms with Crippen LogP contribution in [0.1, 0.15) is 41.0 Å². The van der Waals surface area contributed by atoms with Crippen LogP contribution in [-0.4, -0.2) is 18.3 Å². The van der Waals surface area contributed by atoms with Gasteiger partial charge < -0.3 is 0 Å². The molecule has 0 saturated carbocycles. The van der Waals surface area contributed by atoms with E-state index in [0.717, 1.165) is 13.0 Å². The van der Waals surface area contributed by atoms with Gasteiger partial charge in [-0.3, -0.25) is 5.01 Å². The molecule has 0 radical (unpaired) electrons. The molecule has 0 atom stereocenters. The summed E-state index contributed by atoms with van der Waals surface area (Å²) in [7, 11) is 0. The van der Waals surface area contributed by atoms with Crippen molar-refractivity contribution in [3.05, 3.63) is 11.8 Å². The second-order valence-corrected chi connectivity index (χ2v) is 2.51. The Morgan fingerprint density at radius 2 is 1.92 bits per heavy atom. The molecule has 0 N–H and O–H groups in total. The number of nitrogens with zero attached hydrogens (tertiary/aromatic N) is 2. The lowest BCUT2D eigenvalue weighted by Crippen LogP contribution is -2.10. The van der Waals surface area contributed by atoms with Gasteiger partial charge in [0.1, 0.15) is 0 Å². The standard InChI is InChI=1S/C8H16N2.C2H6/c1-5-6-10(9-4)7-8(2)3;1-2/h7H,4-6H2,1-3H3;1-2H3. The quantitative estimate of drug-likeness (QED) is 0.467. The van der Waals surface area contributed by atoms with E-state index in [1.165, 1.54) is 5.57 Å². The molecule has 0 spiro atoms. The molecule has 0 aromatic carbocycles. The lowest BCUT2D eigenvalue weighted by Gasteiger charge is -2.11. The minimum Gasteiger partial charge on any atom is -0.273 e. The third-order valence-electron chi connectivity index (χ3n) is 1.04. The molecular formula is C10H22N2. The van der Waals surface area contributed by atoms with Crippen LogP contribution in [0, 0.1) is 0 Å². The van der Waals surface area contributed by atoms with Crippen molar-refractivity contribution in [2.45, 2.75) is 41.0 Å². The first-order chi connectivity index (χ1) is 5.70. The fraction of sp³-hybridized carbons (Fsp3) is 0.700. The number of allylic oxidation sites excluding steroid dienone is 1. The summed E-state index contributed by atoms with van der Waals surface area (Å²) >= 11 is 0. The lowest BCUT2D eigenvalue weighted by atomic mass is 10.4. The van der Waals surface area contributed by atoms with Crippen LogP contribution in [-0.2, 0) is 0 Å². The van der Waals surface area contributed by atoms with Crippen LogP contribution in [0.2, 0.25) is 0 Å². The molecule has 0 amide bonds. The summed E-state index contributed by atoms with van der Waals surface area (Å²) in [5.41, 5.74) is 1.25. The molecule has 0 heterocycles. The van der Waals surface area contributed by atoms with E-state index in [-0.39, 0.29) is 0 Å². The van der Waals surface area contributed by atoms with Gasteiger partial charge in [-0.2, -0.15) is 5.10 Å². The second-order valence-electron chi connectivity index (χ2n) is 2.51. The summed E-state index contributed by atoms with van der Waals surface area (Å²) in [5.74, 6) is 0. The highest BCUT2D eigenvalue weighted by Gasteiger charge is 1.90. The highest BCUT2D eigenvalue weighted by molar-refractivity contribution is 5.22. The predicted molar refractivity (Wildman–Crippen MR) is 57.3 cm³/mol. The third kappa shape index (κ3) is 9.21. The van der Waals surface area contributed by atoms with Gasteiger partial charge in [0.05, 0.1) is 0 Å². The van der Waals surface area contributed by atoms with Gasteiger partial charge in [0, 0.05) is 19.5 Å². The molecule has 0 aliphatic heterocycles. The molecule has 72 valence electrons. The van der Waals surface area contributed by atoms with Crippen molar-refractivity contribution in [2.75, 3.05) is 6.54 Å². The number of rotatable bonds is 4. The minimum absolute atomic E-state index is 0.953. The van der Waals surface area contributed by atoms with Gasteiger partial charge in [0.15, 0.2) is 0 Å². The van der Waals surface area contributed by atoms with Crippen molar-refractivity contribution in [3.63, 3.8) is 0 Å². The van der Waals surface area contributed by atoms with E-state index in [2.05, 4.69) is 18.7 Å². The number of hydrogen-bond donors (Lipinski definition) is 0. The average Bonchev–Trinajstić information content (AvgIpc) is 2.07. The van der Waals surface area contributed by atoms with Crippen molar-refractivity contribution < 1.29 is 0 Å². The molecule has 0 rings (SSSR count). The SMILES string of the molecule is C=NN(C=C(C)C)CCC.CC. The van der Waals surface area contributed by atoms with Gasteiger partial charge in [-0.25, -0.2) is 0 Å². The summed E-state index contributed by atoms with van der Waals surface area (Å²) in [6, 6.07) is 0. The number of hydrazone groups is 1. The highest BCUT2D eigenvalue weighted by atomic mass is 15.4. The van der Waals surface area contributed by atoms with Crippen LogP contribution < -0.4 is 0 Å². The Hall–Kier alpha value is -0.790. The Bertz CT molecular complexity index is 124. The maximum atomic E-state index is 3.82.